The number of fused-ring (bicyclic) bond motifs is 5. The Balaban J connectivity index is 1.93. The molecule has 2 aliphatic heterocycles. The summed E-state index contributed by atoms with van der Waals surface area (Å²) in [7, 11) is 2.00. The monoisotopic (exact) mass is 236 g/mol. The lowest BCUT2D eigenvalue weighted by molar-refractivity contribution is 0.725. The maximum absolute atomic E-state index is 3.33. The van der Waals surface area contributed by atoms with Crippen LogP contribution in [-0.4, -0.2) is 13.1 Å². The minimum Gasteiger partial charge on any atom is -0.386 e. The van der Waals surface area contributed by atoms with Crippen molar-refractivity contribution >= 4 is 17.1 Å². The molecule has 18 heavy (non-hydrogen) atoms. The van der Waals surface area contributed by atoms with Crippen LogP contribution >= 0.6 is 0 Å². The summed E-state index contributed by atoms with van der Waals surface area (Å²) in [5, 5.41) is 3.33. The third-order valence-corrected chi connectivity index (χ3v) is 4.16. The summed E-state index contributed by atoms with van der Waals surface area (Å²) < 4.78 is 0. The summed E-state index contributed by atoms with van der Waals surface area (Å²) in [5.74, 6) is 0. The first-order chi connectivity index (χ1) is 8.88. The highest BCUT2D eigenvalue weighted by molar-refractivity contribution is 5.85. The molecule has 0 aliphatic carbocycles. The standard InChI is InChI=1S/C16H16N2/c1-17-14-7-4-6-12-10-13-9-11-5-2-3-8-15(11)18(13)16(12)14/h2-8,13,17H,9-10H2,1H3. The third-order valence-electron chi connectivity index (χ3n) is 4.16. The molecule has 1 N–H and O–H groups in total. The molecule has 0 aromatic heterocycles. The van der Waals surface area contributed by atoms with Crippen molar-refractivity contribution in [1.82, 2.24) is 0 Å². The fourth-order valence-corrected chi connectivity index (χ4v) is 3.42. The molecular weight excluding hydrogens is 220 g/mol. The fraction of sp³-hybridized carbons (Fsp3) is 0.250. The second kappa shape index (κ2) is 3.52. The summed E-state index contributed by atoms with van der Waals surface area (Å²) in [5.41, 5.74) is 6.98. The van der Waals surface area contributed by atoms with Crippen molar-refractivity contribution in [1.29, 1.82) is 0 Å². The van der Waals surface area contributed by atoms with Crippen molar-refractivity contribution in [2.24, 2.45) is 0 Å². The zero-order valence-corrected chi connectivity index (χ0v) is 10.5. The smallest absolute Gasteiger partial charge is 0.0682 e. The van der Waals surface area contributed by atoms with Gasteiger partial charge >= 0.3 is 0 Å². The average Bonchev–Trinajstić information content (AvgIpc) is 2.93. The van der Waals surface area contributed by atoms with Crippen molar-refractivity contribution in [2.75, 3.05) is 17.3 Å². The summed E-state index contributed by atoms with van der Waals surface area (Å²) in [6.45, 7) is 0. The normalized spacial score (nSPS) is 19.4. The van der Waals surface area contributed by atoms with E-state index in [1.54, 1.807) is 0 Å². The molecule has 0 fully saturated rings. The van der Waals surface area contributed by atoms with Gasteiger partial charge in [-0.1, -0.05) is 30.3 Å². The lowest BCUT2D eigenvalue weighted by Gasteiger charge is -2.22. The molecule has 0 saturated heterocycles. The van der Waals surface area contributed by atoms with Gasteiger partial charge in [0.15, 0.2) is 0 Å². The molecule has 2 nitrogen and oxygen atoms in total. The van der Waals surface area contributed by atoms with Crippen molar-refractivity contribution in [3.05, 3.63) is 53.6 Å². The van der Waals surface area contributed by atoms with Crippen molar-refractivity contribution in [3.8, 4) is 0 Å². The number of rotatable bonds is 1. The van der Waals surface area contributed by atoms with Crippen LogP contribution in [0.4, 0.5) is 17.1 Å². The van der Waals surface area contributed by atoms with Gasteiger partial charge in [0.25, 0.3) is 0 Å². The molecule has 0 radical (unpaired) electrons. The molecule has 2 aliphatic rings. The van der Waals surface area contributed by atoms with Gasteiger partial charge in [-0.2, -0.15) is 0 Å². The van der Waals surface area contributed by atoms with E-state index in [9.17, 15) is 0 Å². The van der Waals surface area contributed by atoms with Crippen molar-refractivity contribution in [2.45, 2.75) is 18.9 Å². The van der Waals surface area contributed by atoms with Crippen LogP contribution in [0.1, 0.15) is 11.1 Å². The van der Waals surface area contributed by atoms with Gasteiger partial charge in [0.2, 0.25) is 0 Å². The SMILES string of the molecule is CNc1cccc2c1N1c3ccccc3CC1C2. The molecular formula is C16H16N2. The Morgan fingerprint density at radius 2 is 1.78 bits per heavy atom. The molecule has 2 heteroatoms. The molecule has 0 bridgehead atoms. The first kappa shape index (κ1) is 10.0. The Morgan fingerprint density at radius 3 is 2.67 bits per heavy atom. The summed E-state index contributed by atoms with van der Waals surface area (Å²) >= 11 is 0. The first-order valence-corrected chi connectivity index (χ1v) is 6.55. The lowest BCUT2D eigenvalue weighted by atomic mass is 10.0. The molecule has 0 saturated carbocycles. The molecule has 0 amide bonds. The second-order valence-electron chi connectivity index (χ2n) is 5.12. The summed E-state index contributed by atoms with van der Waals surface area (Å²) in [6.07, 6.45) is 2.34. The lowest BCUT2D eigenvalue weighted by Crippen LogP contribution is -2.23. The van der Waals surface area contributed by atoms with E-state index in [1.165, 1.54) is 41.0 Å². The van der Waals surface area contributed by atoms with Crippen LogP contribution in [0.3, 0.4) is 0 Å². The minimum absolute atomic E-state index is 0.617. The van der Waals surface area contributed by atoms with Crippen LogP contribution in [-0.2, 0) is 12.8 Å². The van der Waals surface area contributed by atoms with E-state index in [0.29, 0.717) is 6.04 Å². The first-order valence-electron chi connectivity index (χ1n) is 6.55. The predicted molar refractivity (Wildman–Crippen MR) is 75.8 cm³/mol. The molecule has 1 unspecified atom stereocenters. The van der Waals surface area contributed by atoms with Gasteiger partial charge in [-0.3, -0.25) is 0 Å². The van der Waals surface area contributed by atoms with E-state index in [4.69, 9.17) is 0 Å². The Labute approximate surface area is 107 Å². The highest BCUT2D eigenvalue weighted by atomic mass is 15.2. The number of hydrogen-bond acceptors (Lipinski definition) is 2. The van der Waals surface area contributed by atoms with Crippen molar-refractivity contribution in [3.63, 3.8) is 0 Å². The van der Waals surface area contributed by atoms with Gasteiger partial charge in [-0.05, 0) is 36.1 Å². The second-order valence-corrected chi connectivity index (χ2v) is 5.12. The number of nitrogens with one attached hydrogen (secondary N) is 1. The summed E-state index contributed by atoms with van der Waals surface area (Å²) in [6, 6.07) is 16.0. The van der Waals surface area contributed by atoms with Crippen LogP contribution in [0.15, 0.2) is 42.5 Å². The van der Waals surface area contributed by atoms with Gasteiger partial charge in [-0.15, -0.1) is 0 Å². The van der Waals surface area contributed by atoms with Crippen molar-refractivity contribution < 1.29 is 0 Å². The van der Waals surface area contributed by atoms with Gasteiger partial charge in [-0.25, -0.2) is 0 Å². The largest absolute Gasteiger partial charge is 0.386 e. The zero-order valence-electron chi connectivity index (χ0n) is 10.5. The van der Waals surface area contributed by atoms with Crippen LogP contribution in [0.5, 0.6) is 0 Å². The maximum Gasteiger partial charge on any atom is 0.0682 e. The minimum atomic E-state index is 0.617. The van der Waals surface area contributed by atoms with Crippen LogP contribution in [0, 0.1) is 0 Å². The predicted octanol–water partition coefficient (Wildman–Crippen LogP) is 3.35. The Kier molecular flexibility index (Phi) is 1.95. The molecule has 2 aromatic rings. The number of para-hydroxylation sites is 2. The van der Waals surface area contributed by atoms with Gasteiger partial charge < -0.3 is 10.2 Å². The van der Waals surface area contributed by atoms with E-state index in [2.05, 4.69) is 52.7 Å². The van der Waals surface area contributed by atoms with Gasteiger partial charge in [0.05, 0.1) is 11.4 Å². The van der Waals surface area contributed by atoms with E-state index in [1.807, 2.05) is 7.05 Å². The van der Waals surface area contributed by atoms with Crippen LogP contribution in [0.25, 0.3) is 0 Å². The molecule has 2 heterocycles. The number of hydrogen-bond donors (Lipinski definition) is 1. The number of anilines is 3. The molecule has 4 rings (SSSR count). The third kappa shape index (κ3) is 1.18. The molecule has 90 valence electrons. The molecule has 1 atom stereocenters. The quantitative estimate of drug-likeness (QED) is 0.817. The Hall–Kier alpha value is -1.96. The summed E-state index contributed by atoms with van der Waals surface area (Å²) in [4.78, 5) is 2.52. The van der Waals surface area contributed by atoms with Gasteiger partial charge in [0, 0.05) is 18.8 Å². The van der Waals surface area contributed by atoms with E-state index >= 15 is 0 Å². The topological polar surface area (TPSA) is 15.3 Å². The zero-order chi connectivity index (χ0) is 12.1. The van der Waals surface area contributed by atoms with Crippen LogP contribution < -0.4 is 10.2 Å². The van der Waals surface area contributed by atoms with E-state index in [0.717, 1.165) is 0 Å². The Bertz CT molecular complexity index is 618. The number of benzene rings is 2. The highest BCUT2D eigenvalue weighted by Gasteiger charge is 2.37. The van der Waals surface area contributed by atoms with E-state index < -0.39 is 0 Å². The van der Waals surface area contributed by atoms with Gasteiger partial charge in [0.1, 0.15) is 0 Å². The molecule has 2 aromatic carbocycles. The number of nitrogens with zero attached hydrogens (tertiary/aromatic N) is 1. The maximum atomic E-state index is 3.33. The highest BCUT2D eigenvalue weighted by Crippen LogP contribution is 2.48. The fourth-order valence-electron chi connectivity index (χ4n) is 3.42. The average molecular weight is 236 g/mol. The van der Waals surface area contributed by atoms with Crippen LogP contribution in [0.2, 0.25) is 0 Å². The molecule has 0 spiro atoms. The Morgan fingerprint density at radius 1 is 1.00 bits per heavy atom. The van der Waals surface area contributed by atoms with E-state index in [-0.39, 0.29) is 0 Å².